The first kappa shape index (κ1) is 11.3. The molecule has 2 rings (SSSR count). The average Bonchev–Trinajstić information content (AvgIpc) is 2.21. The number of fused-ring (bicyclic) bond motifs is 1. The lowest BCUT2D eigenvalue weighted by atomic mass is 9.93. The highest BCUT2D eigenvalue weighted by molar-refractivity contribution is 6.30. The number of hydrogen-bond donors (Lipinski definition) is 0. The Kier molecular flexibility index (Phi) is 4.21. The fourth-order valence-electron chi connectivity index (χ4n) is 1.60. The largest absolute Gasteiger partial charge is 0.0843 e. The summed E-state index contributed by atoms with van der Waals surface area (Å²) in [5.41, 5.74) is 4.18. The minimum absolute atomic E-state index is 0.849. The molecule has 14 heavy (non-hydrogen) atoms. The number of halogens is 1. The molecule has 0 radical (unpaired) electrons. The van der Waals surface area contributed by atoms with Crippen LogP contribution in [0.25, 0.3) is 6.08 Å². The maximum Gasteiger partial charge on any atom is 0.0409 e. The Hall–Kier alpha value is -0.750. The lowest BCUT2D eigenvalue weighted by molar-refractivity contribution is 0.927. The molecule has 0 atom stereocenters. The molecule has 1 aromatic carbocycles. The zero-order valence-electron chi connectivity index (χ0n) is 9.10. The minimum atomic E-state index is 0.849. The van der Waals surface area contributed by atoms with E-state index in [-0.39, 0.29) is 0 Å². The van der Waals surface area contributed by atoms with Crippen LogP contribution in [0.4, 0.5) is 0 Å². The van der Waals surface area contributed by atoms with Gasteiger partial charge in [0.15, 0.2) is 0 Å². The third-order valence-corrected chi connectivity index (χ3v) is 2.53. The van der Waals surface area contributed by atoms with Crippen LogP contribution in [0.2, 0.25) is 5.02 Å². The molecule has 1 aliphatic carbocycles. The Morgan fingerprint density at radius 3 is 2.57 bits per heavy atom. The van der Waals surface area contributed by atoms with Crippen molar-refractivity contribution in [3.8, 4) is 0 Å². The fourth-order valence-corrected chi connectivity index (χ4v) is 1.80. The molecule has 1 aromatic rings. The molecular formula is C13H17Cl. The van der Waals surface area contributed by atoms with E-state index >= 15 is 0 Å². The first-order valence-electron chi connectivity index (χ1n) is 5.21. The Bertz CT molecular complexity index is 337. The molecule has 0 aromatic heterocycles. The van der Waals surface area contributed by atoms with Gasteiger partial charge < -0.3 is 0 Å². The van der Waals surface area contributed by atoms with Crippen LogP contribution in [-0.2, 0) is 6.42 Å². The van der Waals surface area contributed by atoms with Crippen LogP contribution < -0.4 is 0 Å². The summed E-state index contributed by atoms with van der Waals surface area (Å²) in [6.07, 6.45) is 4.56. The number of aryl methyl sites for hydroxylation is 1. The van der Waals surface area contributed by atoms with E-state index in [2.05, 4.69) is 25.1 Å². The van der Waals surface area contributed by atoms with Crippen molar-refractivity contribution in [2.75, 3.05) is 0 Å². The summed E-state index contributed by atoms with van der Waals surface area (Å²) in [7, 11) is 0. The monoisotopic (exact) mass is 208 g/mol. The highest BCUT2D eigenvalue weighted by atomic mass is 35.5. The molecule has 1 aliphatic rings. The van der Waals surface area contributed by atoms with Gasteiger partial charge in [-0.05, 0) is 43.0 Å². The third kappa shape index (κ3) is 2.62. The van der Waals surface area contributed by atoms with E-state index in [0.717, 1.165) is 11.4 Å². The van der Waals surface area contributed by atoms with Gasteiger partial charge in [0.05, 0.1) is 0 Å². The van der Waals surface area contributed by atoms with Crippen molar-refractivity contribution >= 4 is 17.7 Å². The van der Waals surface area contributed by atoms with Gasteiger partial charge in [-0.25, -0.2) is 0 Å². The third-order valence-electron chi connectivity index (χ3n) is 2.30. The predicted molar refractivity (Wildman–Crippen MR) is 64.8 cm³/mol. The zero-order valence-corrected chi connectivity index (χ0v) is 9.86. The van der Waals surface area contributed by atoms with Gasteiger partial charge >= 0.3 is 0 Å². The molecular weight excluding hydrogens is 192 g/mol. The topological polar surface area (TPSA) is 0 Å². The lowest BCUT2D eigenvalue weighted by Crippen LogP contribution is -1.96. The lowest BCUT2D eigenvalue weighted by Gasteiger charge is -2.13. The predicted octanol–water partition coefficient (Wildman–Crippen LogP) is 4.72. The number of allylic oxidation sites excluding steroid dienone is 1. The van der Waals surface area contributed by atoms with Gasteiger partial charge in [0.25, 0.3) is 0 Å². The molecule has 76 valence electrons. The van der Waals surface area contributed by atoms with Gasteiger partial charge in [-0.1, -0.05) is 43.2 Å². The van der Waals surface area contributed by atoms with Gasteiger partial charge in [0.1, 0.15) is 0 Å². The molecule has 0 saturated carbocycles. The Balaban J connectivity index is 0.000000461. The SMILES string of the molecule is CC.CC1=Cc2ccc(Cl)cc2CC1. The average molecular weight is 209 g/mol. The molecule has 0 aliphatic heterocycles. The molecule has 0 nitrogen and oxygen atoms in total. The van der Waals surface area contributed by atoms with Crippen molar-refractivity contribution in [1.82, 2.24) is 0 Å². The molecule has 0 saturated heterocycles. The maximum absolute atomic E-state index is 5.89. The smallest absolute Gasteiger partial charge is 0.0409 e. The number of rotatable bonds is 0. The van der Waals surface area contributed by atoms with Crippen LogP contribution in [0.1, 0.15) is 38.3 Å². The van der Waals surface area contributed by atoms with Crippen LogP contribution in [0.15, 0.2) is 23.8 Å². The Labute approximate surface area is 91.6 Å². The maximum atomic E-state index is 5.89. The van der Waals surface area contributed by atoms with Gasteiger partial charge in [-0.3, -0.25) is 0 Å². The van der Waals surface area contributed by atoms with Crippen LogP contribution in [0.5, 0.6) is 0 Å². The van der Waals surface area contributed by atoms with Crippen LogP contribution >= 0.6 is 11.6 Å². The highest BCUT2D eigenvalue weighted by Crippen LogP contribution is 2.25. The van der Waals surface area contributed by atoms with Gasteiger partial charge in [-0.15, -0.1) is 0 Å². The molecule has 0 fully saturated rings. The van der Waals surface area contributed by atoms with Gasteiger partial charge in [0.2, 0.25) is 0 Å². The van der Waals surface area contributed by atoms with E-state index in [1.807, 2.05) is 19.9 Å². The second-order valence-electron chi connectivity index (χ2n) is 3.33. The van der Waals surface area contributed by atoms with Crippen molar-refractivity contribution in [1.29, 1.82) is 0 Å². The summed E-state index contributed by atoms with van der Waals surface area (Å²) >= 11 is 5.89. The van der Waals surface area contributed by atoms with E-state index < -0.39 is 0 Å². The molecule has 0 spiro atoms. The molecule has 0 N–H and O–H groups in total. The van der Waals surface area contributed by atoms with Crippen LogP contribution in [0.3, 0.4) is 0 Å². The summed E-state index contributed by atoms with van der Waals surface area (Å²) in [4.78, 5) is 0. The second-order valence-corrected chi connectivity index (χ2v) is 3.77. The van der Waals surface area contributed by atoms with Crippen molar-refractivity contribution in [3.63, 3.8) is 0 Å². The van der Waals surface area contributed by atoms with Crippen molar-refractivity contribution in [2.45, 2.75) is 33.6 Å². The summed E-state index contributed by atoms with van der Waals surface area (Å²) in [5, 5.41) is 0.849. The van der Waals surface area contributed by atoms with Crippen LogP contribution in [0, 0.1) is 0 Å². The van der Waals surface area contributed by atoms with E-state index in [4.69, 9.17) is 11.6 Å². The standard InChI is InChI=1S/C11H11Cl.C2H6/c1-8-2-3-10-7-11(12)5-4-9(10)6-8;1-2/h4-7H,2-3H2,1H3;1-2H3. The molecule has 0 bridgehead atoms. The van der Waals surface area contributed by atoms with E-state index in [0.29, 0.717) is 0 Å². The van der Waals surface area contributed by atoms with E-state index in [1.165, 1.54) is 23.1 Å². The molecule has 1 heteroatoms. The summed E-state index contributed by atoms with van der Waals surface area (Å²) in [6.45, 7) is 6.18. The van der Waals surface area contributed by atoms with E-state index in [1.54, 1.807) is 0 Å². The molecule has 0 heterocycles. The highest BCUT2D eigenvalue weighted by Gasteiger charge is 2.07. The van der Waals surface area contributed by atoms with Crippen molar-refractivity contribution in [3.05, 3.63) is 39.9 Å². The number of benzene rings is 1. The zero-order chi connectivity index (χ0) is 10.6. The first-order valence-corrected chi connectivity index (χ1v) is 5.59. The summed E-state index contributed by atoms with van der Waals surface area (Å²) in [6, 6.07) is 6.12. The quantitative estimate of drug-likeness (QED) is 0.579. The Morgan fingerprint density at radius 2 is 1.86 bits per heavy atom. The minimum Gasteiger partial charge on any atom is -0.0843 e. The Morgan fingerprint density at radius 1 is 1.14 bits per heavy atom. The van der Waals surface area contributed by atoms with Gasteiger partial charge in [-0.2, -0.15) is 0 Å². The van der Waals surface area contributed by atoms with Crippen molar-refractivity contribution in [2.24, 2.45) is 0 Å². The molecule has 0 amide bonds. The van der Waals surface area contributed by atoms with Gasteiger partial charge in [0, 0.05) is 5.02 Å². The number of hydrogen-bond acceptors (Lipinski definition) is 0. The van der Waals surface area contributed by atoms with Crippen LogP contribution in [-0.4, -0.2) is 0 Å². The van der Waals surface area contributed by atoms with E-state index in [9.17, 15) is 0 Å². The summed E-state index contributed by atoms with van der Waals surface area (Å²) < 4.78 is 0. The second kappa shape index (κ2) is 5.21. The molecule has 0 unspecified atom stereocenters. The first-order chi connectivity index (χ1) is 6.75. The summed E-state index contributed by atoms with van der Waals surface area (Å²) in [5.74, 6) is 0. The normalized spacial score (nSPS) is 13.6. The fraction of sp³-hybridized carbons (Fsp3) is 0.385. The van der Waals surface area contributed by atoms with Crippen molar-refractivity contribution < 1.29 is 0 Å².